The van der Waals surface area contributed by atoms with Crippen LogP contribution in [0.1, 0.15) is 24.2 Å². The number of aliphatic carboxylic acids is 2. The van der Waals surface area contributed by atoms with E-state index in [-0.39, 0.29) is 5.78 Å². The lowest BCUT2D eigenvalue weighted by atomic mass is 9.68. The van der Waals surface area contributed by atoms with E-state index in [0.717, 1.165) is 12.2 Å². The number of carboxylic acid groups (broad SMARTS) is 2. The van der Waals surface area contributed by atoms with E-state index >= 15 is 0 Å². The second kappa shape index (κ2) is 5.26. The molecule has 22 heavy (non-hydrogen) atoms. The molecule has 0 aromatic heterocycles. The third-order valence-electron chi connectivity index (χ3n) is 4.16. The Morgan fingerprint density at radius 1 is 0.955 bits per heavy atom. The van der Waals surface area contributed by atoms with E-state index in [0.29, 0.717) is 11.1 Å². The molecular weight excluding hydrogens is 284 g/mol. The Hall–Kier alpha value is -2.69. The molecule has 1 aliphatic rings. The second-order valence-corrected chi connectivity index (χ2v) is 5.54. The molecule has 0 fully saturated rings. The molecule has 0 saturated carbocycles. The van der Waals surface area contributed by atoms with E-state index in [9.17, 15) is 24.6 Å². The zero-order valence-corrected chi connectivity index (χ0v) is 12.2. The highest BCUT2D eigenvalue weighted by molar-refractivity contribution is 6.07. The Morgan fingerprint density at radius 3 is 1.95 bits per heavy atom. The third-order valence-corrected chi connectivity index (χ3v) is 4.16. The molecule has 1 aromatic rings. The van der Waals surface area contributed by atoms with Crippen molar-refractivity contribution in [1.82, 2.24) is 0 Å². The average molecular weight is 300 g/mol. The van der Waals surface area contributed by atoms with Crippen LogP contribution in [0.2, 0.25) is 0 Å². The summed E-state index contributed by atoms with van der Waals surface area (Å²) in [5, 5.41) is 18.5. The molecule has 0 amide bonds. The summed E-state index contributed by atoms with van der Waals surface area (Å²) in [4.78, 5) is 35.4. The van der Waals surface area contributed by atoms with Gasteiger partial charge in [-0.3, -0.25) is 14.4 Å². The number of allylic oxidation sites excluding steroid dienone is 2. The summed E-state index contributed by atoms with van der Waals surface area (Å²) in [7, 11) is 0. The van der Waals surface area contributed by atoms with Crippen molar-refractivity contribution < 1.29 is 24.6 Å². The van der Waals surface area contributed by atoms with Gasteiger partial charge in [-0.15, -0.1) is 0 Å². The number of hydrogen-bond acceptors (Lipinski definition) is 3. The van der Waals surface area contributed by atoms with Gasteiger partial charge in [0.1, 0.15) is 0 Å². The molecule has 0 aliphatic heterocycles. The van der Waals surface area contributed by atoms with Gasteiger partial charge in [-0.25, -0.2) is 0 Å². The van der Waals surface area contributed by atoms with Crippen molar-refractivity contribution in [1.29, 1.82) is 0 Å². The summed E-state index contributed by atoms with van der Waals surface area (Å²) >= 11 is 0. The number of carbonyl (C=O) groups excluding carboxylic acids is 1. The van der Waals surface area contributed by atoms with Crippen LogP contribution in [0.25, 0.3) is 0 Å². The number of hydrogen-bond donors (Lipinski definition) is 2. The van der Waals surface area contributed by atoms with Crippen LogP contribution in [0.4, 0.5) is 0 Å². The molecular formula is C17H16O5. The van der Waals surface area contributed by atoms with Crippen LogP contribution in [-0.4, -0.2) is 27.9 Å². The molecule has 1 aliphatic carbocycles. The van der Waals surface area contributed by atoms with E-state index in [2.05, 4.69) is 0 Å². The highest BCUT2D eigenvalue weighted by Gasteiger charge is 2.48. The molecule has 0 bridgehead atoms. The Bertz CT molecular complexity index is 685. The maximum Gasteiger partial charge on any atom is 0.328 e. The molecule has 1 aromatic carbocycles. The molecule has 0 radical (unpaired) electrons. The van der Waals surface area contributed by atoms with Crippen molar-refractivity contribution in [3.05, 3.63) is 59.7 Å². The molecule has 2 N–H and O–H groups in total. The van der Waals surface area contributed by atoms with Crippen LogP contribution in [0.3, 0.4) is 0 Å². The molecule has 0 spiro atoms. The molecule has 5 heteroatoms. The molecule has 5 nitrogen and oxygen atoms in total. The monoisotopic (exact) mass is 300 g/mol. The van der Waals surface area contributed by atoms with E-state index in [1.54, 1.807) is 44.2 Å². The van der Waals surface area contributed by atoms with Crippen molar-refractivity contribution in [2.24, 2.45) is 10.8 Å². The SMILES string of the molecule is CC1=CC(C(=O)O)(C(=O)O)C=CC1(C)C(=O)c1ccccc1. The second-order valence-electron chi connectivity index (χ2n) is 5.54. The topological polar surface area (TPSA) is 91.7 Å². The van der Waals surface area contributed by atoms with Gasteiger partial charge in [0.2, 0.25) is 5.41 Å². The maximum absolute atomic E-state index is 12.7. The molecule has 1 unspecified atom stereocenters. The lowest BCUT2D eigenvalue weighted by Gasteiger charge is -2.33. The Labute approximate surface area is 127 Å². The lowest BCUT2D eigenvalue weighted by Crippen LogP contribution is -2.41. The van der Waals surface area contributed by atoms with Gasteiger partial charge in [-0.2, -0.15) is 0 Å². The average Bonchev–Trinajstić information content (AvgIpc) is 2.49. The zero-order valence-electron chi connectivity index (χ0n) is 12.2. The van der Waals surface area contributed by atoms with Gasteiger partial charge in [0.15, 0.2) is 5.78 Å². The molecule has 0 heterocycles. The van der Waals surface area contributed by atoms with Crippen LogP contribution < -0.4 is 0 Å². The lowest BCUT2D eigenvalue weighted by molar-refractivity contribution is -0.157. The van der Waals surface area contributed by atoms with Gasteiger partial charge >= 0.3 is 11.9 Å². The quantitative estimate of drug-likeness (QED) is 0.506. The van der Waals surface area contributed by atoms with Crippen molar-refractivity contribution in [3.8, 4) is 0 Å². The fourth-order valence-corrected chi connectivity index (χ4v) is 2.47. The van der Waals surface area contributed by atoms with E-state index in [4.69, 9.17) is 0 Å². The summed E-state index contributed by atoms with van der Waals surface area (Å²) in [6, 6.07) is 8.61. The zero-order chi connectivity index (χ0) is 16.5. The highest BCUT2D eigenvalue weighted by Crippen LogP contribution is 2.41. The van der Waals surface area contributed by atoms with Crippen molar-refractivity contribution in [2.45, 2.75) is 13.8 Å². The summed E-state index contributed by atoms with van der Waals surface area (Å²) in [6.45, 7) is 3.23. The van der Waals surface area contributed by atoms with Gasteiger partial charge in [-0.05, 0) is 13.8 Å². The van der Waals surface area contributed by atoms with Gasteiger partial charge in [0.05, 0.1) is 5.41 Å². The summed E-state index contributed by atoms with van der Waals surface area (Å²) in [5.41, 5.74) is -2.30. The van der Waals surface area contributed by atoms with Crippen molar-refractivity contribution >= 4 is 17.7 Å². The van der Waals surface area contributed by atoms with Gasteiger partial charge < -0.3 is 10.2 Å². The first kappa shape index (κ1) is 15.7. The minimum Gasteiger partial charge on any atom is -0.480 e. The fourth-order valence-electron chi connectivity index (χ4n) is 2.47. The number of carboxylic acids is 2. The smallest absolute Gasteiger partial charge is 0.328 e. The minimum atomic E-state index is -2.12. The standard InChI is InChI=1S/C17H16O5/c1-11-10-17(14(19)20,15(21)22)9-8-16(11,2)13(18)12-6-4-3-5-7-12/h3-10H,1-2H3,(H,19,20)(H,21,22). The van der Waals surface area contributed by atoms with Crippen molar-refractivity contribution in [2.75, 3.05) is 0 Å². The fraction of sp³-hybridized carbons (Fsp3) is 0.235. The van der Waals surface area contributed by atoms with Gasteiger partial charge in [0, 0.05) is 5.56 Å². The number of benzene rings is 1. The van der Waals surface area contributed by atoms with Crippen molar-refractivity contribution in [3.63, 3.8) is 0 Å². The summed E-state index contributed by atoms with van der Waals surface area (Å²) < 4.78 is 0. The molecule has 114 valence electrons. The van der Waals surface area contributed by atoms with Crippen LogP contribution in [0.5, 0.6) is 0 Å². The van der Waals surface area contributed by atoms with E-state index in [1.165, 1.54) is 6.08 Å². The van der Waals surface area contributed by atoms with E-state index in [1.807, 2.05) is 0 Å². The molecule has 0 saturated heterocycles. The predicted octanol–water partition coefficient (Wildman–Crippen LogP) is 2.55. The van der Waals surface area contributed by atoms with Gasteiger partial charge in [0.25, 0.3) is 0 Å². The van der Waals surface area contributed by atoms with Gasteiger partial charge in [-0.1, -0.05) is 54.1 Å². The largest absolute Gasteiger partial charge is 0.480 e. The number of Topliss-reactive ketones (excluding diaryl/α,β-unsaturated/α-hetero) is 1. The Morgan fingerprint density at radius 2 is 1.50 bits per heavy atom. The first-order chi connectivity index (χ1) is 10.2. The maximum atomic E-state index is 12.7. The van der Waals surface area contributed by atoms with Crippen LogP contribution in [-0.2, 0) is 9.59 Å². The van der Waals surface area contributed by atoms with E-state index < -0.39 is 22.8 Å². The van der Waals surface area contributed by atoms with Crippen LogP contribution in [0, 0.1) is 10.8 Å². The predicted molar refractivity (Wildman–Crippen MR) is 79.5 cm³/mol. The minimum absolute atomic E-state index is 0.206. The first-order valence-corrected chi connectivity index (χ1v) is 6.71. The summed E-state index contributed by atoms with van der Waals surface area (Å²) in [6.07, 6.45) is 3.59. The third kappa shape index (κ3) is 2.24. The number of rotatable bonds is 4. The Balaban J connectivity index is 2.49. The normalized spacial score (nSPS) is 22.7. The van der Waals surface area contributed by atoms with Crippen LogP contribution in [0.15, 0.2) is 54.1 Å². The molecule has 2 rings (SSSR count). The van der Waals surface area contributed by atoms with Crippen LogP contribution >= 0.6 is 0 Å². The number of ketones is 1. The Kier molecular flexibility index (Phi) is 3.75. The highest BCUT2D eigenvalue weighted by atomic mass is 16.4. The summed E-state index contributed by atoms with van der Waals surface area (Å²) in [5.74, 6) is -3.17. The molecule has 1 atom stereocenters. The first-order valence-electron chi connectivity index (χ1n) is 6.71. The number of carbonyl (C=O) groups is 3.